The van der Waals surface area contributed by atoms with Gasteiger partial charge in [0.1, 0.15) is 0 Å². The Morgan fingerprint density at radius 3 is 2.71 bits per heavy atom. The topological polar surface area (TPSA) is 44.1 Å². The van der Waals surface area contributed by atoms with Crippen molar-refractivity contribution in [1.82, 2.24) is 4.90 Å². The van der Waals surface area contributed by atoms with Gasteiger partial charge in [0.25, 0.3) is 0 Å². The van der Waals surface area contributed by atoms with Crippen LogP contribution in [0.2, 0.25) is 0 Å². The fourth-order valence-corrected chi connectivity index (χ4v) is 3.29. The van der Waals surface area contributed by atoms with E-state index >= 15 is 0 Å². The van der Waals surface area contributed by atoms with E-state index in [1.807, 2.05) is 4.90 Å². The number of rotatable bonds is 1. The standard InChI is InChI=1S/C14H22N2O/c1-14(2)7-3-6-12(14)13(17)16-8-4-5-11(9-15)10-16/h11-12H,3-8,10H2,1-2H3. The van der Waals surface area contributed by atoms with Crippen LogP contribution < -0.4 is 0 Å². The Morgan fingerprint density at radius 2 is 2.12 bits per heavy atom. The third-order valence-corrected chi connectivity index (χ3v) is 4.47. The number of nitrogens with zero attached hydrogens (tertiary/aromatic N) is 2. The van der Waals surface area contributed by atoms with Gasteiger partial charge in [0.15, 0.2) is 0 Å². The molecule has 1 saturated heterocycles. The third kappa shape index (κ3) is 2.46. The molecule has 2 fully saturated rings. The van der Waals surface area contributed by atoms with Crippen LogP contribution in [0, 0.1) is 28.6 Å². The molecule has 94 valence electrons. The zero-order valence-electron chi connectivity index (χ0n) is 10.9. The van der Waals surface area contributed by atoms with Crippen molar-refractivity contribution in [2.75, 3.05) is 13.1 Å². The summed E-state index contributed by atoms with van der Waals surface area (Å²) in [4.78, 5) is 14.4. The Morgan fingerprint density at radius 1 is 1.35 bits per heavy atom. The first-order valence-corrected chi connectivity index (χ1v) is 6.73. The number of piperidine rings is 1. The largest absolute Gasteiger partial charge is 0.341 e. The van der Waals surface area contributed by atoms with Crippen LogP contribution >= 0.6 is 0 Å². The Labute approximate surface area is 104 Å². The molecule has 0 bridgehead atoms. The fourth-order valence-electron chi connectivity index (χ4n) is 3.29. The van der Waals surface area contributed by atoms with Crippen molar-refractivity contribution in [3.8, 4) is 6.07 Å². The molecule has 2 aliphatic rings. The predicted molar refractivity (Wildman–Crippen MR) is 66.0 cm³/mol. The van der Waals surface area contributed by atoms with Gasteiger partial charge in [0.05, 0.1) is 12.0 Å². The molecule has 2 unspecified atom stereocenters. The summed E-state index contributed by atoms with van der Waals surface area (Å²) >= 11 is 0. The molecular formula is C14H22N2O. The maximum Gasteiger partial charge on any atom is 0.226 e. The quantitative estimate of drug-likeness (QED) is 0.700. The molecule has 3 nitrogen and oxygen atoms in total. The van der Waals surface area contributed by atoms with Crippen molar-refractivity contribution in [2.24, 2.45) is 17.3 Å². The van der Waals surface area contributed by atoms with E-state index < -0.39 is 0 Å². The highest BCUT2D eigenvalue weighted by molar-refractivity contribution is 5.80. The van der Waals surface area contributed by atoms with Crippen LogP contribution in [0.25, 0.3) is 0 Å². The molecule has 0 aromatic carbocycles. The summed E-state index contributed by atoms with van der Waals surface area (Å²) in [5.74, 6) is 0.532. The monoisotopic (exact) mass is 234 g/mol. The highest BCUT2D eigenvalue weighted by Gasteiger charge is 2.41. The molecule has 0 N–H and O–H groups in total. The van der Waals surface area contributed by atoms with Gasteiger partial charge < -0.3 is 4.90 Å². The van der Waals surface area contributed by atoms with Crippen molar-refractivity contribution in [3.63, 3.8) is 0 Å². The third-order valence-electron chi connectivity index (χ3n) is 4.47. The van der Waals surface area contributed by atoms with Gasteiger partial charge in [-0.05, 0) is 31.1 Å². The molecule has 0 spiro atoms. The molecule has 1 aliphatic heterocycles. The van der Waals surface area contributed by atoms with Gasteiger partial charge in [-0.25, -0.2) is 0 Å². The summed E-state index contributed by atoms with van der Waals surface area (Å²) in [5.41, 5.74) is 0.149. The van der Waals surface area contributed by atoms with Crippen LogP contribution in [0.1, 0.15) is 46.0 Å². The van der Waals surface area contributed by atoms with E-state index in [2.05, 4.69) is 19.9 Å². The van der Waals surface area contributed by atoms with Crippen LogP contribution in [0.3, 0.4) is 0 Å². The van der Waals surface area contributed by atoms with Gasteiger partial charge in [0, 0.05) is 19.0 Å². The second kappa shape index (κ2) is 4.68. The molecule has 2 rings (SSSR count). The molecule has 3 heteroatoms. The van der Waals surface area contributed by atoms with Crippen LogP contribution in [0.4, 0.5) is 0 Å². The fraction of sp³-hybridized carbons (Fsp3) is 0.857. The average molecular weight is 234 g/mol. The number of carbonyl (C=O) groups is 1. The van der Waals surface area contributed by atoms with E-state index in [9.17, 15) is 4.79 Å². The van der Waals surface area contributed by atoms with Gasteiger partial charge >= 0.3 is 0 Å². The van der Waals surface area contributed by atoms with Crippen molar-refractivity contribution >= 4 is 5.91 Å². The highest BCUT2D eigenvalue weighted by atomic mass is 16.2. The summed E-state index contributed by atoms with van der Waals surface area (Å²) in [7, 11) is 0. The first-order valence-electron chi connectivity index (χ1n) is 6.73. The highest BCUT2D eigenvalue weighted by Crippen LogP contribution is 2.43. The number of likely N-dealkylation sites (tertiary alicyclic amines) is 1. The molecule has 0 aromatic rings. The number of hydrogen-bond donors (Lipinski definition) is 0. The molecule has 0 aromatic heterocycles. The van der Waals surface area contributed by atoms with Gasteiger partial charge in [-0.2, -0.15) is 5.26 Å². The van der Waals surface area contributed by atoms with Crippen molar-refractivity contribution in [1.29, 1.82) is 5.26 Å². The molecule has 1 heterocycles. The Bertz CT molecular complexity index is 343. The van der Waals surface area contributed by atoms with Crippen LogP contribution in [-0.2, 0) is 4.79 Å². The molecule has 17 heavy (non-hydrogen) atoms. The second-order valence-corrected chi connectivity index (χ2v) is 6.19. The second-order valence-electron chi connectivity index (χ2n) is 6.19. The lowest BCUT2D eigenvalue weighted by molar-refractivity contribution is -0.139. The van der Waals surface area contributed by atoms with Crippen molar-refractivity contribution in [3.05, 3.63) is 0 Å². The Hall–Kier alpha value is -1.04. The maximum atomic E-state index is 12.5. The van der Waals surface area contributed by atoms with E-state index in [0.717, 1.165) is 32.2 Å². The summed E-state index contributed by atoms with van der Waals surface area (Å²) < 4.78 is 0. The van der Waals surface area contributed by atoms with Crippen LogP contribution in [0.5, 0.6) is 0 Å². The average Bonchev–Trinajstić information content (AvgIpc) is 2.68. The molecule has 0 radical (unpaired) electrons. The van der Waals surface area contributed by atoms with Crippen LogP contribution in [0.15, 0.2) is 0 Å². The number of hydrogen-bond acceptors (Lipinski definition) is 2. The van der Waals surface area contributed by atoms with Gasteiger partial charge in [-0.3, -0.25) is 4.79 Å². The van der Waals surface area contributed by atoms with Crippen molar-refractivity contribution < 1.29 is 4.79 Å². The summed E-state index contributed by atoms with van der Waals surface area (Å²) in [6.45, 7) is 5.91. The van der Waals surface area contributed by atoms with Crippen LogP contribution in [-0.4, -0.2) is 23.9 Å². The molecule has 1 aliphatic carbocycles. The molecule has 1 saturated carbocycles. The number of carbonyl (C=O) groups excluding carboxylic acids is 1. The number of amides is 1. The van der Waals surface area contributed by atoms with Gasteiger partial charge in [0.2, 0.25) is 5.91 Å². The number of nitriles is 1. The lowest BCUT2D eigenvalue weighted by atomic mass is 9.80. The first-order chi connectivity index (χ1) is 8.04. The lowest BCUT2D eigenvalue weighted by Crippen LogP contribution is -2.45. The minimum atomic E-state index is 0.0530. The van der Waals surface area contributed by atoms with Gasteiger partial charge in [-0.1, -0.05) is 20.3 Å². The Balaban J connectivity index is 2.02. The first kappa shape index (κ1) is 12.4. The summed E-state index contributed by atoms with van der Waals surface area (Å²) in [5, 5.41) is 8.97. The SMILES string of the molecule is CC1(C)CCCC1C(=O)N1CCCC(C#N)C1. The normalized spacial score (nSPS) is 32.2. The molecule has 1 amide bonds. The smallest absolute Gasteiger partial charge is 0.226 e. The van der Waals surface area contributed by atoms with E-state index in [1.165, 1.54) is 6.42 Å². The van der Waals surface area contributed by atoms with Gasteiger partial charge in [-0.15, -0.1) is 0 Å². The minimum Gasteiger partial charge on any atom is -0.341 e. The predicted octanol–water partition coefficient (Wildman–Crippen LogP) is 2.57. The van der Waals surface area contributed by atoms with E-state index in [1.54, 1.807) is 0 Å². The zero-order valence-corrected chi connectivity index (χ0v) is 10.9. The maximum absolute atomic E-state index is 12.5. The molecular weight excluding hydrogens is 212 g/mol. The summed E-state index contributed by atoms with van der Waals surface area (Å²) in [6.07, 6.45) is 5.28. The minimum absolute atomic E-state index is 0.0530. The lowest BCUT2D eigenvalue weighted by Gasteiger charge is -2.35. The van der Waals surface area contributed by atoms with E-state index in [0.29, 0.717) is 12.5 Å². The van der Waals surface area contributed by atoms with Crippen molar-refractivity contribution in [2.45, 2.75) is 46.0 Å². The van der Waals surface area contributed by atoms with E-state index in [4.69, 9.17) is 5.26 Å². The zero-order chi connectivity index (χ0) is 12.5. The Kier molecular flexibility index (Phi) is 3.42. The molecule has 2 atom stereocenters. The van der Waals surface area contributed by atoms with E-state index in [-0.39, 0.29) is 17.3 Å². The summed E-state index contributed by atoms with van der Waals surface area (Å²) in [6, 6.07) is 2.31.